The molecule has 0 fully saturated rings. The fraction of sp³-hybridized carbons (Fsp3) is 0.100. The number of hydrazine groups is 1. The number of hydrogen-bond acceptors (Lipinski definition) is 5. The fourth-order valence-corrected chi connectivity index (χ4v) is 3.93. The van der Waals surface area contributed by atoms with Gasteiger partial charge in [0, 0.05) is 0 Å². The van der Waals surface area contributed by atoms with E-state index in [1.807, 2.05) is 91.0 Å². The predicted octanol–water partition coefficient (Wildman–Crippen LogP) is 4.61. The van der Waals surface area contributed by atoms with Crippen LogP contribution < -0.4 is 25.6 Å². The van der Waals surface area contributed by atoms with Crippen molar-refractivity contribution in [1.82, 2.24) is 16.2 Å². The number of ether oxygens (including phenoxy) is 2. The number of para-hydroxylation sites is 2. The Balaban J connectivity index is 1.32. The Morgan fingerprint density at radius 2 is 1.18 bits per heavy atom. The lowest BCUT2D eigenvalue weighted by Gasteiger charge is -2.19. The highest BCUT2D eigenvalue weighted by Gasteiger charge is 2.23. The van der Waals surface area contributed by atoms with Crippen molar-refractivity contribution >= 4 is 29.1 Å². The van der Waals surface area contributed by atoms with E-state index < -0.39 is 11.8 Å². The zero-order chi connectivity index (χ0) is 26.6. The van der Waals surface area contributed by atoms with Crippen molar-refractivity contribution in [2.24, 2.45) is 0 Å². The van der Waals surface area contributed by atoms with E-state index in [0.29, 0.717) is 17.9 Å². The highest BCUT2D eigenvalue weighted by molar-refractivity contribution is 7.80. The fourth-order valence-electron chi connectivity index (χ4n) is 3.79. The van der Waals surface area contributed by atoms with Crippen molar-refractivity contribution in [3.05, 3.63) is 132 Å². The summed E-state index contributed by atoms with van der Waals surface area (Å²) in [5.41, 5.74) is 7.21. The average Bonchev–Trinajstić information content (AvgIpc) is 2.96. The van der Waals surface area contributed by atoms with Gasteiger partial charge in [0.15, 0.2) is 5.11 Å². The van der Waals surface area contributed by atoms with E-state index >= 15 is 0 Å². The number of benzene rings is 4. The molecule has 0 heterocycles. The maximum Gasteiger partial charge on any atom is 0.261 e. The summed E-state index contributed by atoms with van der Waals surface area (Å²) >= 11 is 5.25. The molecule has 38 heavy (non-hydrogen) atoms. The molecule has 4 aromatic carbocycles. The minimum absolute atomic E-state index is 0.0505. The summed E-state index contributed by atoms with van der Waals surface area (Å²) in [7, 11) is 0. The zero-order valence-electron chi connectivity index (χ0n) is 20.5. The lowest BCUT2D eigenvalue weighted by atomic mass is 9.91. The second-order valence-corrected chi connectivity index (χ2v) is 8.57. The maximum atomic E-state index is 13.1. The number of rotatable bonds is 9. The van der Waals surface area contributed by atoms with Crippen molar-refractivity contribution < 1.29 is 19.1 Å². The van der Waals surface area contributed by atoms with Gasteiger partial charge in [0.05, 0.1) is 11.5 Å². The van der Waals surface area contributed by atoms with Gasteiger partial charge in [-0.2, -0.15) is 0 Å². The van der Waals surface area contributed by atoms with Gasteiger partial charge in [0.25, 0.3) is 5.91 Å². The molecular weight excluding hydrogens is 498 g/mol. The zero-order valence-corrected chi connectivity index (χ0v) is 21.3. The van der Waals surface area contributed by atoms with Crippen LogP contribution in [0.2, 0.25) is 0 Å². The summed E-state index contributed by atoms with van der Waals surface area (Å²) in [5.74, 6) is -0.222. The number of carbonyl (C=O) groups is 2. The molecule has 0 aromatic heterocycles. The number of carbonyl (C=O) groups excluding carboxylic acids is 2. The molecule has 0 saturated heterocycles. The lowest BCUT2D eigenvalue weighted by molar-refractivity contribution is -0.122. The Bertz CT molecular complexity index is 1310. The van der Waals surface area contributed by atoms with Gasteiger partial charge in [-0.1, -0.05) is 91.0 Å². The maximum absolute atomic E-state index is 13.1. The molecule has 192 valence electrons. The SMILES string of the molecule is O=C(NC(=S)NNC(=O)C(c1ccccc1)c1ccccc1)c1ccccc1OCCOc1ccccc1. The van der Waals surface area contributed by atoms with Gasteiger partial charge in [-0.15, -0.1) is 0 Å². The van der Waals surface area contributed by atoms with Gasteiger partial charge < -0.3 is 9.47 Å². The van der Waals surface area contributed by atoms with Crippen LogP contribution in [-0.2, 0) is 4.79 Å². The summed E-state index contributed by atoms with van der Waals surface area (Å²) < 4.78 is 11.4. The summed E-state index contributed by atoms with van der Waals surface area (Å²) in [6.45, 7) is 0.564. The lowest BCUT2D eigenvalue weighted by Crippen LogP contribution is -2.49. The van der Waals surface area contributed by atoms with Gasteiger partial charge in [-0.05, 0) is 47.6 Å². The minimum atomic E-state index is -0.560. The van der Waals surface area contributed by atoms with Gasteiger partial charge in [0.2, 0.25) is 5.91 Å². The molecule has 0 aliphatic rings. The summed E-state index contributed by atoms with van der Waals surface area (Å²) in [4.78, 5) is 26.0. The van der Waals surface area contributed by atoms with Crippen molar-refractivity contribution in [2.75, 3.05) is 13.2 Å². The Labute approximate surface area is 226 Å². The van der Waals surface area contributed by atoms with Crippen molar-refractivity contribution in [3.63, 3.8) is 0 Å². The van der Waals surface area contributed by atoms with Crippen LogP contribution in [0.4, 0.5) is 0 Å². The summed E-state index contributed by atoms with van der Waals surface area (Å²) in [5, 5.41) is 2.53. The van der Waals surface area contributed by atoms with E-state index in [2.05, 4.69) is 16.2 Å². The molecule has 4 rings (SSSR count). The average molecular weight is 526 g/mol. The van der Waals surface area contributed by atoms with E-state index in [9.17, 15) is 9.59 Å². The number of nitrogens with one attached hydrogen (secondary N) is 3. The van der Waals surface area contributed by atoms with E-state index in [4.69, 9.17) is 21.7 Å². The number of thiocarbonyl (C=S) groups is 1. The molecule has 0 aliphatic heterocycles. The molecule has 0 saturated carbocycles. The molecule has 2 amide bonds. The molecule has 0 radical (unpaired) electrons. The Kier molecular flexibility index (Phi) is 9.42. The second kappa shape index (κ2) is 13.6. The monoisotopic (exact) mass is 525 g/mol. The van der Waals surface area contributed by atoms with Crippen molar-refractivity contribution in [2.45, 2.75) is 5.92 Å². The van der Waals surface area contributed by atoms with Crippen LogP contribution in [0.25, 0.3) is 0 Å². The second-order valence-electron chi connectivity index (χ2n) is 8.16. The first-order valence-electron chi connectivity index (χ1n) is 12.0. The highest BCUT2D eigenvalue weighted by Crippen LogP contribution is 2.24. The third-order valence-corrected chi connectivity index (χ3v) is 5.74. The third-order valence-electron chi connectivity index (χ3n) is 5.54. The van der Waals surface area contributed by atoms with Crippen LogP contribution >= 0.6 is 12.2 Å². The molecule has 3 N–H and O–H groups in total. The first kappa shape index (κ1) is 26.4. The van der Waals surface area contributed by atoms with Crippen molar-refractivity contribution in [3.8, 4) is 11.5 Å². The highest BCUT2D eigenvalue weighted by atomic mass is 32.1. The first-order chi connectivity index (χ1) is 18.6. The smallest absolute Gasteiger partial charge is 0.261 e. The quantitative estimate of drug-likeness (QED) is 0.168. The summed E-state index contributed by atoms with van der Waals surface area (Å²) in [6.07, 6.45) is 0. The van der Waals surface area contributed by atoms with Crippen LogP contribution in [0, 0.1) is 0 Å². The topological polar surface area (TPSA) is 88.7 Å². The van der Waals surface area contributed by atoms with Crippen molar-refractivity contribution in [1.29, 1.82) is 0 Å². The van der Waals surface area contributed by atoms with Crippen LogP contribution in [0.5, 0.6) is 11.5 Å². The van der Waals surface area contributed by atoms with E-state index in [1.165, 1.54) is 0 Å². The minimum Gasteiger partial charge on any atom is -0.490 e. The van der Waals surface area contributed by atoms with Crippen LogP contribution in [0.1, 0.15) is 27.4 Å². The normalized spacial score (nSPS) is 10.3. The van der Waals surface area contributed by atoms with E-state index in [1.54, 1.807) is 24.3 Å². The molecular formula is C30H27N3O4S. The van der Waals surface area contributed by atoms with Gasteiger partial charge in [-0.25, -0.2) is 0 Å². The molecule has 0 bridgehead atoms. The van der Waals surface area contributed by atoms with E-state index in [0.717, 1.165) is 16.9 Å². The summed E-state index contributed by atoms with van der Waals surface area (Å²) in [6, 6.07) is 35.1. The number of amides is 2. The molecule has 0 atom stereocenters. The number of hydrogen-bond donors (Lipinski definition) is 3. The van der Waals surface area contributed by atoms with Gasteiger partial charge in [-0.3, -0.25) is 25.8 Å². The van der Waals surface area contributed by atoms with Gasteiger partial charge in [0.1, 0.15) is 24.7 Å². The Hall–Kier alpha value is -4.69. The van der Waals surface area contributed by atoms with E-state index in [-0.39, 0.29) is 17.6 Å². The van der Waals surface area contributed by atoms with Crippen LogP contribution in [0.15, 0.2) is 115 Å². The van der Waals surface area contributed by atoms with Crippen LogP contribution in [0.3, 0.4) is 0 Å². The first-order valence-corrected chi connectivity index (χ1v) is 12.4. The molecule has 7 nitrogen and oxygen atoms in total. The molecule has 8 heteroatoms. The molecule has 0 aliphatic carbocycles. The predicted molar refractivity (Wildman–Crippen MR) is 150 cm³/mol. The largest absolute Gasteiger partial charge is 0.490 e. The Morgan fingerprint density at radius 1 is 0.658 bits per heavy atom. The molecule has 0 spiro atoms. The van der Waals surface area contributed by atoms with Gasteiger partial charge >= 0.3 is 0 Å². The molecule has 4 aromatic rings. The third kappa shape index (κ3) is 7.41. The van der Waals surface area contributed by atoms with Crippen LogP contribution in [-0.4, -0.2) is 30.1 Å². The Morgan fingerprint density at radius 3 is 1.82 bits per heavy atom. The standard InChI is InChI=1S/C30H27N3O4S/c34-28(25-18-10-11-19-26(25)37-21-20-36-24-16-8-3-9-17-24)31-30(38)33-32-29(35)27(22-12-4-1-5-13-22)23-14-6-2-7-15-23/h1-19,27H,20-21H2,(H,32,35)(H2,31,33,34,38). The molecule has 0 unspecified atom stereocenters.